The zero-order valence-corrected chi connectivity index (χ0v) is 11.3. The molecule has 0 radical (unpaired) electrons. The number of hydrogen-bond acceptors (Lipinski definition) is 4. The molecule has 0 rings (SSSR count). The SMILES string of the molecule is CC(C)(CC(=O)O)CC(=O)NCCCS(=O)(=O)O.[NaH]. The number of hydrogen-bond donors (Lipinski definition) is 3. The maximum absolute atomic E-state index is 11.4. The molecule has 1 amide bonds. The van der Waals surface area contributed by atoms with Gasteiger partial charge in [0.25, 0.3) is 10.1 Å². The second-order valence-electron chi connectivity index (χ2n) is 4.90. The second kappa shape index (κ2) is 8.91. The summed E-state index contributed by atoms with van der Waals surface area (Å²) in [6, 6.07) is 0. The molecular formula is C10H20NNaO6S. The standard InChI is InChI=1S/C10H19NO6S.Na.H/c1-10(2,7-9(13)14)6-8(12)11-4-3-5-18(15,16)17;;/h3-7H2,1-2H3,(H,11,12)(H,13,14)(H,15,16,17);;. The number of aliphatic carboxylic acids is 1. The number of rotatable bonds is 8. The van der Waals surface area contributed by atoms with Crippen molar-refractivity contribution in [2.45, 2.75) is 33.1 Å². The van der Waals surface area contributed by atoms with Crippen LogP contribution in [0.4, 0.5) is 0 Å². The summed E-state index contributed by atoms with van der Waals surface area (Å²) in [5, 5.41) is 11.1. The molecule has 0 bridgehead atoms. The fraction of sp³-hybridized carbons (Fsp3) is 0.800. The molecule has 3 N–H and O–H groups in total. The molecular weight excluding hydrogens is 285 g/mol. The van der Waals surface area contributed by atoms with Crippen molar-refractivity contribution in [1.29, 1.82) is 0 Å². The Balaban J connectivity index is 0. The molecule has 0 aliphatic carbocycles. The fourth-order valence-electron chi connectivity index (χ4n) is 1.45. The monoisotopic (exact) mass is 305 g/mol. The quantitative estimate of drug-likeness (QED) is 0.319. The van der Waals surface area contributed by atoms with Gasteiger partial charge in [0, 0.05) is 13.0 Å². The Kier molecular flexibility index (Phi) is 9.92. The van der Waals surface area contributed by atoms with E-state index in [0.717, 1.165) is 0 Å². The van der Waals surface area contributed by atoms with E-state index in [1.807, 2.05) is 0 Å². The van der Waals surface area contributed by atoms with Gasteiger partial charge >= 0.3 is 35.5 Å². The molecule has 0 aromatic heterocycles. The number of carbonyl (C=O) groups is 2. The fourth-order valence-corrected chi connectivity index (χ4v) is 1.96. The van der Waals surface area contributed by atoms with Crippen LogP contribution < -0.4 is 5.32 Å². The Labute approximate surface area is 135 Å². The molecule has 7 nitrogen and oxygen atoms in total. The first-order chi connectivity index (χ1) is 8.02. The minimum atomic E-state index is -4.00. The van der Waals surface area contributed by atoms with Gasteiger partial charge in [-0.2, -0.15) is 8.42 Å². The molecule has 9 heteroatoms. The molecule has 0 aromatic carbocycles. The van der Waals surface area contributed by atoms with E-state index in [1.54, 1.807) is 13.8 Å². The summed E-state index contributed by atoms with van der Waals surface area (Å²) in [4.78, 5) is 22.0. The van der Waals surface area contributed by atoms with E-state index in [4.69, 9.17) is 9.66 Å². The summed E-state index contributed by atoms with van der Waals surface area (Å²) in [6.45, 7) is 3.46. The number of carboxylic acids is 1. The van der Waals surface area contributed by atoms with Crippen LogP contribution in [0.1, 0.15) is 33.1 Å². The third-order valence-corrected chi connectivity index (χ3v) is 2.97. The van der Waals surface area contributed by atoms with Gasteiger partial charge < -0.3 is 10.4 Å². The van der Waals surface area contributed by atoms with Crippen molar-refractivity contribution in [3.8, 4) is 0 Å². The van der Waals surface area contributed by atoms with Crippen LogP contribution in [-0.2, 0) is 19.7 Å². The Morgan fingerprint density at radius 1 is 1.21 bits per heavy atom. The van der Waals surface area contributed by atoms with Crippen molar-refractivity contribution in [1.82, 2.24) is 5.32 Å². The molecule has 108 valence electrons. The number of carboxylic acid groups (broad SMARTS) is 1. The van der Waals surface area contributed by atoms with E-state index in [0.29, 0.717) is 0 Å². The first kappa shape index (κ1) is 21.2. The topological polar surface area (TPSA) is 121 Å². The van der Waals surface area contributed by atoms with E-state index >= 15 is 0 Å². The third-order valence-electron chi connectivity index (χ3n) is 2.17. The molecule has 0 spiro atoms. The van der Waals surface area contributed by atoms with Crippen LogP contribution in [-0.4, -0.2) is 71.8 Å². The summed E-state index contributed by atoms with van der Waals surface area (Å²) in [5.41, 5.74) is -0.654. The third kappa shape index (κ3) is 14.1. The van der Waals surface area contributed by atoms with Crippen LogP contribution in [0.15, 0.2) is 0 Å². The van der Waals surface area contributed by atoms with Crippen LogP contribution in [0.2, 0.25) is 0 Å². The molecule has 0 atom stereocenters. The Morgan fingerprint density at radius 3 is 2.16 bits per heavy atom. The predicted octanol–water partition coefficient (Wildman–Crippen LogP) is -0.377. The maximum atomic E-state index is 11.4. The number of amides is 1. The minimum absolute atomic E-state index is 0. The molecule has 19 heavy (non-hydrogen) atoms. The Bertz CT molecular complexity index is 406. The summed E-state index contributed by atoms with van der Waals surface area (Å²) in [5.74, 6) is -1.72. The normalized spacial score (nSPS) is 11.5. The zero-order chi connectivity index (χ0) is 14.4. The summed E-state index contributed by atoms with van der Waals surface area (Å²) in [6.07, 6.45) is 0.0422. The van der Waals surface area contributed by atoms with E-state index in [-0.39, 0.29) is 61.3 Å². The molecule has 0 saturated heterocycles. The Hall–Kier alpha value is -0.150. The van der Waals surface area contributed by atoms with Gasteiger partial charge in [0.1, 0.15) is 0 Å². The van der Waals surface area contributed by atoms with Crippen molar-refractivity contribution < 1.29 is 27.7 Å². The summed E-state index contributed by atoms with van der Waals surface area (Å²) >= 11 is 0. The van der Waals surface area contributed by atoms with Gasteiger partial charge in [0.15, 0.2) is 0 Å². The Morgan fingerprint density at radius 2 is 1.74 bits per heavy atom. The van der Waals surface area contributed by atoms with Crippen molar-refractivity contribution >= 4 is 51.6 Å². The van der Waals surface area contributed by atoms with Crippen LogP contribution in [0.3, 0.4) is 0 Å². The van der Waals surface area contributed by atoms with Crippen LogP contribution >= 0.6 is 0 Å². The van der Waals surface area contributed by atoms with Crippen LogP contribution in [0.5, 0.6) is 0 Å². The molecule has 0 aromatic rings. The summed E-state index contributed by atoms with van der Waals surface area (Å²) < 4.78 is 29.3. The van der Waals surface area contributed by atoms with Gasteiger partial charge in [-0.3, -0.25) is 14.1 Å². The molecule has 0 unspecified atom stereocenters. The van der Waals surface area contributed by atoms with Gasteiger partial charge in [-0.05, 0) is 11.8 Å². The van der Waals surface area contributed by atoms with Crippen molar-refractivity contribution in [2.24, 2.45) is 5.41 Å². The van der Waals surface area contributed by atoms with Crippen molar-refractivity contribution in [3.05, 3.63) is 0 Å². The molecule has 0 fully saturated rings. The number of nitrogens with one attached hydrogen (secondary N) is 1. The first-order valence-electron chi connectivity index (χ1n) is 5.45. The molecule has 0 heterocycles. The van der Waals surface area contributed by atoms with Gasteiger partial charge in [0.05, 0.1) is 12.2 Å². The summed E-state index contributed by atoms with van der Waals surface area (Å²) in [7, 11) is -4.00. The second-order valence-corrected chi connectivity index (χ2v) is 6.47. The van der Waals surface area contributed by atoms with E-state index in [9.17, 15) is 18.0 Å². The van der Waals surface area contributed by atoms with Gasteiger partial charge in [-0.15, -0.1) is 0 Å². The van der Waals surface area contributed by atoms with Gasteiger partial charge in [-0.25, -0.2) is 0 Å². The van der Waals surface area contributed by atoms with Crippen molar-refractivity contribution in [3.63, 3.8) is 0 Å². The molecule has 0 aliphatic heterocycles. The van der Waals surface area contributed by atoms with E-state index < -0.39 is 27.3 Å². The predicted molar refractivity (Wildman–Crippen MR) is 71.8 cm³/mol. The number of carbonyl (C=O) groups excluding carboxylic acids is 1. The van der Waals surface area contributed by atoms with Crippen LogP contribution in [0, 0.1) is 5.41 Å². The average molecular weight is 305 g/mol. The zero-order valence-electron chi connectivity index (χ0n) is 10.5. The van der Waals surface area contributed by atoms with Gasteiger partial charge in [0.2, 0.25) is 5.91 Å². The average Bonchev–Trinajstić information content (AvgIpc) is 2.07. The van der Waals surface area contributed by atoms with Gasteiger partial charge in [-0.1, -0.05) is 13.8 Å². The van der Waals surface area contributed by atoms with Crippen LogP contribution in [0.25, 0.3) is 0 Å². The molecule has 0 saturated carbocycles. The van der Waals surface area contributed by atoms with E-state index in [2.05, 4.69) is 5.32 Å². The first-order valence-corrected chi connectivity index (χ1v) is 7.06. The van der Waals surface area contributed by atoms with Crippen molar-refractivity contribution in [2.75, 3.05) is 12.3 Å². The molecule has 0 aliphatic rings. The van der Waals surface area contributed by atoms with E-state index in [1.165, 1.54) is 0 Å².